The van der Waals surface area contributed by atoms with Gasteiger partial charge in [-0.15, -0.1) is 0 Å². The number of tetrazole rings is 1. The van der Waals surface area contributed by atoms with Crippen LogP contribution in [0.3, 0.4) is 0 Å². The fourth-order valence-electron chi connectivity index (χ4n) is 2.11. The summed E-state index contributed by atoms with van der Waals surface area (Å²) in [5, 5.41) is 23.5. The van der Waals surface area contributed by atoms with Crippen molar-refractivity contribution in [3.63, 3.8) is 0 Å². The van der Waals surface area contributed by atoms with Crippen LogP contribution in [0.1, 0.15) is 5.56 Å². The van der Waals surface area contributed by atoms with Gasteiger partial charge in [0.1, 0.15) is 5.75 Å². The van der Waals surface area contributed by atoms with E-state index in [1.54, 1.807) is 0 Å². The van der Waals surface area contributed by atoms with E-state index >= 15 is 0 Å². The molecule has 0 aliphatic heterocycles. The fraction of sp³-hybridized carbons (Fsp3) is 0.188. The van der Waals surface area contributed by atoms with Crippen LogP contribution < -0.4 is 22.5 Å². The summed E-state index contributed by atoms with van der Waals surface area (Å²) in [6.07, 6.45) is 0. The Kier molecular flexibility index (Phi) is 6.68. The maximum absolute atomic E-state index is 8.80. The number of aliphatic hydroxyl groups is 1. The highest BCUT2D eigenvalue weighted by Gasteiger charge is 2.10. The van der Waals surface area contributed by atoms with E-state index in [1.165, 1.54) is 4.68 Å². The first kappa shape index (κ1) is 17.9. The summed E-state index contributed by atoms with van der Waals surface area (Å²) in [5.41, 5.74) is 1.88. The molecule has 2 aromatic carbocycles. The molecule has 3 rings (SSSR count). The Labute approximate surface area is 145 Å². The average molecular weight is 347 g/mol. The molecule has 0 unspecified atom stereocenters. The van der Waals surface area contributed by atoms with Crippen LogP contribution in [-0.2, 0) is 6.54 Å². The predicted octanol–water partition coefficient (Wildman–Crippen LogP) is -1.46. The van der Waals surface area contributed by atoms with Crippen molar-refractivity contribution in [3.8, 4) is 17.4 Å². The lowest BCUT2D eigenvalue weighted by atomic mass is 10.2. The minimum atomic E-state index is 0. The number of hydrogen-bond acceptors (Lipinski definition) is 6. The molecule has 2 N–H and O–H groups in total. The first-order valence-corrected chi connectivity index (χ1v) is 7.29. The van der Waals surface area contributed by atoms with E-state index in [1.807, 2.05) is 54.6 Å². The molecule has 0 atom stereocenters. The Morgan fingerprint density at radius 1 is 1.08 bits per heavy atom. The summed E-state index contributed by atoms with van der Waals surface area (Å²) in [6, 6.07) is 17.5. The maximum Gasteiger partial charge on any atom is 0.345 e. The summed E-state index contributed by atoms with van der Waals surface area (Å²) in [7, 11) is 0. The molecule has 0 fully saturated rings. The van der Waals surface area contributed by atoms with Crippen molar-refractivity contribution in [3.05, 3.63) is 60.2 Å². The monoisotopic (exact) mass is 346 g/mol. The molecule has 8 heteroatoms. The van der Waals surface area contributed by atoms with Crippen molar-refractivity contribution in [2.24, 2.45) is 0 Å². The zero-order chi connectivity index (χ0) is 15.9. The zero-order valence-electron chi connectivity index (χ0n) is 12.8. The Morgan fingerprint density at radius 3 is 2.71 bits per heavy atom. The molecule has 3 aromatic rings. The molecular formula is C16H17ClN5O2-. The number of rotatable bonds is 7. The number of hydrogen-bond donors (Lipinski definition) is 2. The molecule has 0 aliphatic carbocycles. The second-order valence-corrected chi connectivity index (χ2v) is 4.86. The van der Waals surface area contributed by atoms with Gasteiger partial charge in [-0.3, -0.25) is 0 Å². The van der Waals surface area contributed by atoms with Gasteiger partial charge in [-0.05, 0) is 40.3 Å². The smallest absolute Gasteiger partial charge is 0.345 e. The summed E-state index contributed by atoms with van der Waals surface area (Å²) in [6.45, 7) is 1.32. The van der Waals surface area contributed by atoms with Crippen LogP contribution in [0, 0.1) is 0 Å². The van der Waals surface area contributed by atoms with Crippen molar-refractivity contribution in [1.82, 2.24) is 25.5 Å². The maximum atomic E-state index is 8.80. The van der Waals surface area contributed by atoms with Gasteiger partial charge in [-0.25, -0.2) is 0 Å². The van der Waals surface area contributed by atoms with Crippen LogP contribution in [0.2, 0.25) is 0 Å². The molecule has 0 radical (unpaired) electrons. The second-order valence-electron chi connectivity index (χ2n) is 4.86. The fourth-order valence-corrected chi connectivity index (χ4v) is 2.11. The molecule has 24 heavy (non-hydrogen) atoms. The summed E-state index contributed by atoms with van der Waals surface area (Å²) in [5.74, 6) is 0.653. The molecule has 0 saturated heterocycles. The van der Waals surface area contributed by atoms with Gasteiger partial charge in [0.2, 0.25) is 0 Å². The zero-order valence-corrected chi connectivity index (χ0v) is 13.6. The number of aliphatic hydroxyl groups excluding tert-OH is 1. The van der Waals surface area contributed by atoms with Crippen LogP contribution in [0.25, 0.3) is 5.69 Å². The molecule has 1 aromatic heterocycles. The highest BCUT2D eigenvalue weighted by Crippen LogP contribution is 2.21. The first-order valence-electron chi connectivity index (χ1n) is 7.29. The third kappa shape index (κ3) is 4.51. The topological polar surface area (TPSA) is 85.1 Å². The molecule has 0 aliphatic rings. The van der Waals surface area contributed by atoms with Crippen molar-refractivity contribution < 1.29 is 22.3 Å². The van der Waals surface area contributed by atoms with E-state index < -0.39 is 0 Å². The number of halogens is 1. The van der Waals surface area contributed by atoms with E-state index in [-0.39, 0.29) is 19.0 Å². The number of nitrogens with one attached hydrogen (secondary N) is 1. The van der Waals surface area contributed by atoms with Crippen LogP contribution in [-0.4, -0.2) is 38.5 Å². The Balaban J connectivity index is 0.00000208. The van der Waals surface area contributed by atoms with Gasteiger partial charge < -0.3 is 27.6 Å². The third-order valence-electron chi connectivity index (χ3n) is 3.17. The van der Waals surface area contributed by atoms with E-state index in [4.69, 9.17) is 9.84 Å². The first-order chi connectivity index (χ1) is 11.4. The summed E-state index contributed by atoms with van der Waals surface area (Å²) >= 11 is 0. The molecule has 0 amide bonds. The van der Waals surface area contributed by atoms with E-state index in [9.17, 15) is 0 Å². The van der Waals surface area contributed by atoms with Gasteiger partial charge in [-0.2, -0.15) is 4.68 Å². The molecule has 0 spiro atoms. The lowest BCUT2D eigenvalue weighted by Gasteiger charge is -2.08. The molecule has 7 nitrogen and oxygen atoms in total. The Morgan fingerprint density at radius 2 is 1.92 bits per heavy atom. The van der Waals surface area contributed by atoms with E-state index in [2.05, 4.69) is 20.8 Å². The van der Waals surface area contributed by atoms with Gasteiger partial charge in [0, 0.05) is 13.1 Å². The van der Waals surface area contributed by atoms with Gasteiger partial charge in [0.05, 0.1) is 12.3 Å². The normalized spacial score (nSPS) is 10.2. The van der Waals surface area contributed by atoms with Crippen molar-refractivity contribution in [2.75, 3.05) is 13.2 Å². The molecular weight excluding hydrogens is 330 g/mol. The Hall–Kier alpha value is -2.48. The van der Waals surface area contributed by atoms with E-state index in [0.717, 1.165) is 11.3 Å². The standard InChI is InChI=1S/C16H17N5O2.ClH/c22-10-9-17-12-13-5-4-8-15(11-13)23-16-18-19-20-21(16)14-6-2-1-3-7-14;/h1-8,11,17,22H,9-10,12H2;1H/p-1. The number of aromatic nitrogens is 4. The molecule has 1 heterocycles. The van der Waals surface area contributed by atoms with Gasteiger partial charge in [0.25, 0.3) is 0 Å². The summed E-state index contributed by atoms with van der Waals surface area (Å²) in [4.78, 5) is 0. The van der Waals surface area contributed by atoms with Crippen molar-refractivity contribution >= 4 is 0 Å². The number of nitrogens with zero attached hydrogens (tertiary/aromatic N) is 4. The highest BCUT2D eigenvalue weighted by atomic mass is 35.5. The lowest BCUT2D eigenvalue weighted by Crippen LogP contribution is -3.00. The van der Waals surface area contributed by atoms with Gasteiger partial charge in [-0.1, -0.05) is 35.4 Å². The largest absolute Gasteiger partial charge is 1.00 e. The predicted molar refractivity (Wildman–Crippen MR) is 84.5 cm³/mol. The number of ether oxygens (including phenoxy) is 1. The average Bonchev–Trinajstić information content (AvgIpc) is 3.04. The minimum absolute atomic E-state index is 0. The van der Waals surface area contributed by atoms with Crippen LogP contribution in [0.15, 0.2) is 54.6 Å². The highest BCUT2D eigenvalue weighted by molar-refractivity contribution is 5.34. The Bertz CT molecular complexity index is 751. The number of para-hydroxylation sites is 1. The van der Waals surface area contributed by atoms with Crippen molar-refractivity contribution in [1.29, 1.82) is 0 Å². The minimum Gasteiger partial charge on any atom is -1.00 e. The van der Waals surface area contributed by atoms with Crippen LogP contribution in [0.5, 0.6) is 11.8 Å². The van der Waals surface area contributed by atoms with Gasteiger partial charge in [0.15, 0.2) is 0 Å². The van der Waals surface area contributed by atoms with E-state index in [0.29, 0.717) is 24.8 Å². The molecule has 126 valence electrons. The molecule has 0 bridgehead atoms. The van der Waals surface area contributed by atoms with Gasteiger partial charge >= 0.3 is 6.01 Å². The van der Waals surface area contributed by atoms with Crippen molar-refractivity contribution in [2.45, 2.75) is 6.54 Å². The van der Waals surface area contributed by atoms with Crippen LogP contribution >= 0.6 is 0 Å². The van der Waals surface area contributed by atoms with Crippen LogP contribution in [0.4, 0.5) is 0 Å². The quantitative estimate of drug-likeness (QED) is 0.509. The third-order valence-corrected chi connectivity index (χ3v) is 3.17. The summed E-state index contributed by atoms with van der Waals surface area (Å²) < 4.78 is 7.34. The number of benzene rings is 2. The second kappa shape index (κ2) is 8.97. The molecule has 0 saturated carbocycles. The lowest BCUT2D eigenvalue weighted by molar-refractivity contribution is -0.00000653. The SMILES string of the molecule is OCCNCc1cccc(Oc2nnnn2-c2ccccc2)c1.[Cl-].